The molecule has 150 valence electrons. The van der Waals surface area contributed by atoms with E-state index in [-0.39, 0.29) is 16.4 Å². The van der Waals surface area contributed by atoms with Gasteiger partial charge in [0.25, 0.3) is 15.9 Å². The molecular weight excluding hydrogens is 378 g/mol. The summed E-state index contributed by atoms with van der Waals surface area (Å²) in [5.74, 6) is -0.813. The number of anilines is 1. The van der Waals surface area contributed by atoms with Crippen LogP contribution in [0.15, 0.2) is 53.4 Å². The Hall–Kier alpha value is -2.87. The van der Waals surface area contributed by atoms with E-state index in [4.69, 9.17) is 0 Å². The summed E-state index contributed by atoms with van der Waals surface area (Å²) in [4.78, 5) is 24.3. The Morgan fingerprint density at radius 3 is 2.46 bits per heavy atom. The first-order chi connectivity index (χ1) is 13.2. The zero-order chi connectivity index (χ0) is 20.7. The van der Waals surface area contributed by atoms with Gasteiger partial charge in [0.1, 0.15) is 6.04 Å². The fraction of sp³-hybridized carbons (Fsp3) is 0.300. The molecule has 7 nitrogen and oxygen atoms in total. The second kappa shape index (κ2) is 9.36. The molecule has 0 unspecified atom stereocenters. The Kier molecular flexibility index (Phi) is 7.17. The Balaban J connectivity index is 2.14. The molecule has 0 bridgehead atoms. The van der Waals surface area contributed by atoms with Crippen LogP contribution in [0.1, 0.15) is 36.2 Å². The van der Waals surface area contributed by atoms with E-state index in [1.807, 2.05) is 19.9 Å². The molecule has 0 aliphatic carbocycles. The highest BCUT2D eigenvalue weighted by Crippen LogP contribution is 2.18. The Morgan fingerprint density at radius 2 is 1.79 bits per heavy atom. The topological polar surface area (TPSA) is 104 Å². The van der Waals surface area contributed by atoms with Crippen molar-refractivity contribution in [3.63, 3.8) is 0 Å². The molecule has 2 rings (SSSR count). The lowest BCUT2D eigenvalue weighted by Gasteiger charge is -2.14. The summed E-state index contributed by atoms with van der Waals surface area (Å²) in [6.45, 7) is 5.89. The Morgan fingerprint density at radius 1 is 1.07 bits per heavy atom. The van der Waals surface area contributed by atoms with Crippen molar-refractivity contribution < 1.29 is 18.0 Å². The summed E-state index contributed by atoms with van der Waals surface area (Å²) >= 11 is 0. The van der Waals surface area contributed by atoms with Crippen LogP contribution in [0.2, 0.25) is 0 Å². The summed E-state index contributed by atoms with van der Waals surface area (Å²) in [7, 11) is -3.85. The molecule has 0 aromatic heterocycles. The van der Waals surface area contributed by atoms with Gasteiger partial charge in [-0.2, -0.15) is 0 Å². The fourth-order valence-corrected chi connectivity index (χ4v) is 3.57. The molecule has 0 aliphatic heterocycles. The first-order valence-electron chi connectivity index (χ1n) is 9.01. The molecule has 3 N–H and O–H groups in total. The highest BCUT2D eigenvalue weighted by molar-refractivity contribution is 7.92. The molecule has 0 saturated carbocycles. The largest absolute Gasteiger partial charge is 0.354 e. The van der Waals surface area contributed by atoms with Crippen LogP contribution in [0.3, 0.4) is 0 Å². The van der Waals surface area contributed by atoms with Gasteiger partial charge in [-0.25, -0.2) is 8.42 Å². The molecule has 0 fully saturated rings. The van der Waals surface area contributed by atoms with E-state index >= 15 is 0 Å². The van der Waals surface area contributed by atoms with Crippen molar-refractivity contribution in [1.29, 1.82) is 0 Å². The van der Waals surface area contributed by atoms with Gasteiger partial charge in [0, 0.05) is 17.8 Å². The van der Waals surface area contributed by atoms with Gasteiger partial charge in [-0.05, 0) is 56.2 Å². The summed E-state index contributed by atoms with van der Waals surface area (Å²) in [6.07, 6.45) is 0.792. The summed E-state index contributed by atoms with van der Waals surface area (Å²) < 4.78 is 27.8. The number of amides is 2. The van der Waals surface area contributed by atoms with Crippen LogP contribution in [-0.4, -0.2) is 32.8 Å². The van der Waals surface area contributed by atoms with E-state index in [2.05, 4.69) is 15.4 Å². The van der Waals surface area contributed by atoms with E-state index < -0.39 is 22.0 Å². The van der Waals surface area contributed by atoms with Gasteiger partial charge in [-0.15, -0.1) is 0 Å². The second-order valence-electron chi connectivity index (χ2n) is 6.49. The maximum Gasteiger partial charge on any atom is 0.261 e. The van der Waals surface area contributed by atoms with E-state index in [0.717, 1.165) is 12.0 Å². The maximum absolute atomic E-state index is 12.6. The molecule has 0 aliphatic rings. The lowest BCUT2D eigenvalue weighted by atomic mass is 10.2. The molecule has 0 spiro atoms. The first-order valence-corrected chi connectivity index (χ1v) is 10.5. The van der Waals surface area contributed by atoms with Gasteiger partial charge >= 0.3 is 0 Å². The zero-order valence-corrected chi connectivity index (χ0v) is 17.0. The number of nitrogens with one attached hydrogen (secondary N) is 3. The van der Waals surface area contributed by atoms with Crippen molar-refractivity contribution in [3.05, 3.63) is 59.7 Å². The SMILES string of the molecule is CCCNC(=O)[C@@H](C)NC(=O)c1cccc(S(=O)(=O)Nc2cccc(C)c2)c1. The number of rotatable bonds is 8. The van der Waals surface area contributed by atoms with Crippen molar-refractivity contribution in [1.82, 2.24) is 10.6 Å². The third-order valence-electron chi connectivity index (χ3n) is 3.97. The first kappa shape index (κ1) is 21.4. The minimum atomic E-state index is -3.85. The predicted molar refractivity (Wildman–Crippen MR) is 109 cm³/mol. The third kappa shape index (κ3) is 5.82. The molecule has 0 radical (unpaired) electrons. The van der Waals surface area contributed by atoms with Crippen molar-refractivity contribution >= 4 is 27.5 Å². The molecule has 0 heterocycles. The van der Waals surface area contributed by atoms with Gasteiger partial charge in [-0.3, -0.25) is 14.3 Å². The van der Waals surface area contributed by atoms with Gasteiger partial charge in [-0.1, -0.05) is 25.1 Å². The van der Waals surface area contributed by atoms with Crippen LogP contribution >= 0.6 is 0 Å². The zero-order valence-electron chi connectivity index (χ0n) is 16.2. The van der Waals surface area contributed by atoms with Crippen LogP contribution in [0, 0.1) is 6.92 Å². The smallest absolute Gasteiger partial charge is 0.261 e. The summed E-state index contributed by atoms with van der Waals surface area (Å²) in [5, 5.41) is 5.27. The number of aryl methyl sites for hydroxylation is 1. The Labute approximate surface area is 165 Å². The number of sulfonamides is 1. The minimum Gasteiger partial charge on any atom is -0.354 e. The van der Waals surface area contributed by atoms with Crippen LogP contribution in [0.25, 0.3) is 0 Å². The normalized spacial score (nSPS) is 12.1. The number of hydrogen-bond acceptors (Lipinski definition) is 4. The van der Waals surface area contributed by atoms with Crippen molar-refractivity contribution in [2.24, 2.45) is 0 Å². The summed E-state index contributed by atoms with van der Waals surface area (Å²) in [5.41, 5.74) is 1.52. The van der Waals surface area contributed by atoms with E-state index in [0.29, 0.717) is 12.2 Å². The third-order valence-corrected chi connectivity index (χ3v) is 5.35. The predicted octanol–water partition coefficient (Wildman–Crippen LogP) is 2.44. The Bertz CT molecular complexity index is 957. The van der Waals surface area contributed by atoms with Crippen molar-refractivity contribution in [3.8, 4) is 0 Å². The van der Waals surface area contributed by atoms with Crippen LogP contribution in [0.5, 0.6) is 0 Å². The summed E-state index contributed by atoms with van der Waals surface area (Å²) in [6, 6.07) is 11.9. The molecule has 8 heteroatoms. The molecular formula is C20H25N3O4S. The van der Waals surface area contributed by atoms with E-state index in [1.54, 1.807) is 25.1 Å². The van der Waals surface area contributed by atoms with Crippen LogP contribution < -0.4 is 15.4 Å². The van der Waals surface area contributed by atoms with Gasteiger partial charge in [0.15, 0.2) is 0 Å². The molecule has 0 saturated heterocycles. The van der Waals surface area contributed by atoms with Crippen LogP contribution in [0.4, 0.5) is 5.69 Å². The maximum atomic E-state index is 12.6. The van der Waals surface area contributed by atoms with Crippen molar-refractivity contribution in [2.75, 3.05) is 11.3 Å². The molecule has 2 aromatic rings. The number of carbonyl (C=O) groups excluding carboxylic acids is 2. The molecule has 1 atom stereocenters. The van der Waals surface area contributed by atoms with Crippen LogP contribution in [-0.2, 0) is 14.8 Å². The highest BCUT2D eigenvalue weighted by Gasteiger charge is 2.19. The van der Waals surface area contributed by atoms with Gasteiger partial charge in [0.2, 0.25) is 5.91 Å². The molecule has 2 aromatic carbocycles. The quantitative estimate of drug-likeness (QED) is 0.630. The minimum absolute atomic E-state index is 0.0373. The highest BCUT2D eigenvalue weighted by atomic mass is 32.2. The van der Waals surface area contributed by atoms with Gasteiger partial charge < -0.3 is 10.6 Å². The number of carbonyl (C=O) groups is 2. The fourth-order valence-electron chi connectivity index (χ4n) is 2.47. The average Bonchev–Trinajstić information content (AvgIpc) is 2.65. The molecule has 2 amide bonds. The standard InChI is InChI=1S/C20H25N3O4S/c1-4-11-21-19(24)15(3)22-20(25)16-8-6-10-18(13-16)28(26,27)23-17-9-5-7-14(2)12-17/h5-10,12-13,15,23H,4,11H2,1-3H3,(H,21,24)(H,22,25)/t15-/m1/s1. The average molecular weight is 404 g/mol. The second-order valence-corrected chi connectivity index (χ2v) is 8.17. The lowest BCUT2D eigenvalue weighted by molar-refractivity contribution is -0.122. The van der Waals surface area contributed by atoms with E-state index in [9.17, 15) is 18.0 Å². The van der Waals surface area contributed by atoms with Crippen molar-refractivity contribution in [2.45, 2.75) is 38.1 Å². The molecule has 28 heavy (non-hydrogen) atoms. The van der Waals surface area contributed by atoms with E-state index in [1.165, 1.54) is 24.3 Å². The monoisotopic (exact) mass is 403 g/mol. The number of hydrogen-bond donors (Lipinski definition) is 3. The number of benzene rings is 2. The van der Waals surface area contributed by atoms with Gasteiger partial charge in [0.05, 0.1) is 4.90 Å². The lowest BCUT2D eigenvalue weighted by Crippen LogP contribution is -2.45.